The molecule has 0 N–H and O–H groups in total. The summed E-state index contributed by atoms with van der Waals surface area (Å²) in [5, 5.41) is 0. The van der Waals surface area contributed by atoms with Crippen molar-refractivity contribution in [3.63, 3.8) is 0 Å². The summed E-state index contributed by atoms with van der Waals surface area (Å²) in [7, 11) is 0. The summed E-state index contributed by atoms with van der Waals surface area (Å²) in [4.78, 5) is 12.1. The molecule has 0 aromatic heterocycles. The Morgan fingerprint density at radius 2 is 1.69 bits per heavy atom. The van der Waals surface area contributed by atoms with Gasteiger partial charge in [0.1, 0.15) is 5.78 Å². The average Bonchev–Trinajstić information content (AvgIpc) is 2.14. The van der Waals surface area contributed by atoms with Gasteiger partial charge in [-0.15, -0.1) is 0 Å². The highest BCUT2D eigenvalue weighted by Crippen LogP contribution is 2.67. The van der Waals surface area contributed by atoms with E-state index >= 15 is 0 Å². The van der Waals surface area contributed by atoms with Crippen LogP contribution in [-0.2, 0) is 4.79 Å². The maximum Gasteiger partial charge on any atom is 0.136 e. The molecule has 0 aliphatic heterocycles. The van der Waals surface area contributed by atoms with Gasteiger partial charge in [0, 0.05) is 5.41 Å². The van der Waals surface area contributed by atoms with E-state index in [2.05, 4.69) is 13.8 Å². The molecule has 16 heavy (non-hydrogen) atoms. The first-order valence-electron chi connectivity index (χ1n) is 6.97. The van der Waals surface area contributed by atoms with Gasteiger partial charge in [0.2, 0.25) is 0 Å². The normalized spacial score (nSPS) is 50.0. The van der Waals surface area contributed by atoms with E-state index in [0.717, 1.165) is 17.8 Å². The van der Waals surface area contributed by atoms with Gasteiger partial charge < -0.3 is 0 Å². The van der Waals surface area contributed by atoms with Crippen LogP contribution in [0.25, 0.3) is 0 Å². The van der Waals surface area contributed by atoms with Crippen LogP contribution in [0.4, 0.5) is 0 Å². The molecule has 0 spiro atoms. The molecule has 0 amide bonds. The van der Waals surface area contributed by atoms with Gasteiger partial charge in [-0.25, -0.2) is 0 Å². The Labute approximate surface area is 99.0 Å². The van der Waals surface area contributed by atoms with Crippen LogP contribution in [0.3, 0.4) is 0 Å². The fourth-order valence-electron chi connectivity index (χ4n) is 5.42. The second kappa shape index (κ2) is 3.11. The first-order valence-corrected chi connectivity index (χ1v) is 6.97. The summed E-state index contributed by atoms with van der Waals surface area (Å²) in [5.74, 6) is 2.99. The standard InChI is InChI=1S/C15H24O/c1-10(2)14-5-12-4-13(6-14)8-15(7-12,9-14)11(3)16/h10,12-13H,4-9H2,1-3H3. The molecule has 2 atom stereocenters. The minimum Gasteiger partial charge on any atom is -0.299 e. The van der Waals surface area contributed by atoms with E-state index in [1.807, 2.05) is 6.92 Å². The largest absolute Gasteiger partial charge is 0.299 e. The van der Waals surface area contributed by atoms with Crippen LogP contribution in [0.15, 0.2) is 0 Å². The number of hydrogen-bond acceptors (Lipinski definition) is 1. The molecular weight excluding hydrogens is 196 g/mol. The Kier molecular flexibility index (Phi) is 2.10. The highest BCUT2D eigenvalue weighted by Gasteiger charge is 2.59. The van der Waals surface area contributed by atoms with Crippen molar-refractivity contribution < 1.29 is 4.79 Å². The molecule has 4 bridgehead atoms. The minimum atomic E-state index is 0.106. The summed E-state index contributed by atoms with van der Waals surface area (Å²) in [6.45, 7) is 6.60. The maximum atomic E-state index is 12.1. The molecule has 0 aromatic rings. The Morgan fingerprint density at radius 1 is 1.12 bits per heavy atom. The van der Waals surface area contributed by atoms with Crippen molar-refractivity contribution in [1.29, 1.82) is 0 Å². The van der Waals surface area contributed by atoms with Gasteiger partial charge in [-0.2, -0.15) is 0 Å². The van der Waals surface area contributed by atoms with Gasteiger partial charge in [-0.05, 0) is 68.6 Å². The van der Waals surface area contributed by atoms with Crippen molar-refractivity contribution in [2.24, 2.45) is 28.6 Å². The SMILES string of the molecule is CC(=O)C12CC3CC(C1)CC(C(C)C)(C3)C2. The number of ketones is 1. The maximum absolute atomic E-state index is 12.1. The smallest absolute Gasteiger partial charge is 0.136 e. The number of Topliss-reactive ketones (excluding diaryl/α,β-unsaturated/α-hetero) is 1. The number of rotatable bonds is 2. The molecule has 0 radical (unpaired) electrons. The van der Waals surface area contributed by atoms with Crippen molar-refractivity contribution in [2.45, 2.75) is 59.3 Å². The second-order valence-electron chi connectivity index (χ2n) is 7.31. The van der Waals surface area contributed by atoms with E-state index in [9.17, 15) is 4.79 Å². The topological polar surface area (TPSA) is 17.1 Å². The minimum absolute atomic E-state index is 0.106. The molecule has 90 valence electrons. The zero-order valence-corrected chi connectivity index (χ0v) is 10.9. The molecule has 2 unspecified atom stereocenters. The third-order valence-electron chi connectivity index (χ3n) is 6.08. The van der Waals surface area contributed by atoms with Crippen LogP contribution in [0.2, 0.25) is 0 Å². The molecule has 4 rings (SSSR count). The number of carbonyl (C=O) groups is 1. The summed E-state index contributed by atoms with van der Waals surface area (Å²) in [6, 6.07) is 0. The summed E-state index contributed by atoms with van der Waals surface area (Å²) in [6.07, 6.45) is 7.89. The van der Waals surface area contributed by atoms with Crippen LogP contribution < -0.4 is 0 Å². The van der Waals surface area contributed by atoms with E-state index in [1.54, 1.807) is 0 Å². The lowest BCUT2D eigenvalue weighted by molar-refractivity contribution is -0.159. The van der Waals surface area contributed by atoms with Gasteiger partial charge in [0.05, 0.1) is 0 Å². The van der Waals surface area contributed by atoms with Crippen molar-refractivity contribution in [1.82, 2.24) is 0 Å². The van der Waals surface area contributed by atoms with Gasteiger partial charge in [-0.1, -0.05) is 13.8 Å². The van der Waals surface area contributed by atoms with E-state index in [1.165, 1.54) is 38.5 Å². The molecule has 0 heterocycles. The lowest BCUT2D eigenvalue weighted by Crippen LogP contribution is -2.56. The van der Waals surface area contributed by atoms with Gasteiger partial charge >= 0.3 is 0 Å². The van der Waals surface area contributed by atoms with Crippen molar-refractivity contribution in [3.8, 4) is 0 Å². The van der Waals surface area contributed by atoms with Crippen LogP contribution in [0.1, 0.15) is 59.3 Å². The molecule has 4 aliphatic carbocycles. The first kappa shape index (κ1) is 10.8. The third kappa shape index (κ3) is 1.26. The van der Waals surface area contributed by atoms with Crippen molar-refractivity contribution in [2.75, 3.05) is 0 Å². The average molecular weight is 220 g/mol. The van der Waals surface area contributed by atoms with E-state index in [4.69, 9.17) is 0 Å². The molecule has 1 nitrogen and oxygen atoms in total. The van der Waals surface area contributed by atoms with Crippen molar-refractivity contribution >= 4 is 5.78 Å². The fourth-order valence-corrected chi connectivity index (χ4v) is 5.42. The summed E-state index contributed by atoms with van der Waals surface area (Å²) in [5.41, 5.74) is 0.629. The van der Waals surface area contributed by atoms with E-state index < -0.39 is 0 Å². The fraction of sp³-hybridized carbons (Fsp3) is 0.933. The molecule has 4 aliphatic rings. The zero-order chi connectivity index (χ0) is 11.6. The van der Waals surface area contributed by atoms with Crippen LogP contribution in [0.5, 0.6) is 0 Å². The first-order chi connectivity index (χ1) is 7.46. The Bertz CT molecular complexity index is 314. The molecule has 4 fully saturated rings. The molecular formula is C15H24O. The summed E-state index contributed by atoms with van der Waals surface area (Å²) < 4.78 is 0. The molecule has 0 aromatic carbocycles. The number of hydrogen-bond donors (Lipinski definition) is 0. The highest BCUT2D eigenvalue weighted by atomic mass is 16.1. The predicted octanol–water partition coefficient (Wildman–Crippen LogP) is 3.82. The van der Waals surface area contributed by atoms with Crippen LogP contribution >= 0.6 is 0 Å². The monoisotopic (exact) mass is 220 g/mol. The molecule has 1 heteroatoms. The lowest BCUT2D eigenvalue weighted by Gasteiger charge is -2.63. The van der Waals surface area contributed by atoms with Crippen LogP contribution in [0, 0.1) is 28.6 Å². The van der Waals surface area contributed by atoms with Crippen molar-refractivity contribution in [3.05, 3.63) is 0 Å². The Balaban J connectivity index is 2.00. The quantitative estimate of drug-likeness (QED) is 0.691. The zero-order valence-electron chi connectivity index (χ0n) is 10.9. The Morgan fingerprint density at radius 3 is 2.12 bits per heavy atom. The van der Waals surface area contributed by atoms with E-state index in [0.29, 0.717) is 11.2 Å². The second-order valence-corrected chi connectivity index (χ2v) is 7.31. The molecule has 4 saturated carbocycles. The molecule has 0 saturated heterocycles. The number of carbonyl (C=O) groups excluding carboxylic acids is 1. The van der Waals surface area contributed by atoms with Gasteiger partial charge in [0.15, 0.2) is 0 Å². The Hall–Kier alpha value is -0.330. The van der Waals surface area contributed by atoms with Gasteiger partial charge in [-0.3, -0.25) is 4.79 Å². The third-order valence-corrected chi connectivity index (χ3v) is 6.08. The van der Waals surface area contributed by atoms with Gasteiger partial charge in [0.25, 0.3) is 0 Å². The van der Waals surface area contributed by atoms with E-state index in [-0.39, 0.29) is 5.41 Å². The summed E-state index contributed by atoms with van der Waals surface area (Å²) >= 11 is 0. The lowest BCUT2D eigenvalue weighted by atomic mass is 9.41. The van der Waals surface area contributed by atoms with Crippen LogP contribution in [-0.4, -0.2) is 5.78 Å². The highest BCUT2D eigenvalue weighted by molar-refractivity contribution is 5.83. The predicted molar refractivity (Wildman–Crippen MR) is 65.1 cm³/mol.